The van der Waals surface area contributed by atoms with E-state index >= 15 is 0 Å². The van der Waals surface area contributed by atoms with Crippen molar-refractivity contribution in [3.05, 3.63) is 27.9 Å². The van der Waals surface area contributed by atoms with E-state index in [9.17, 15) is 19.7 Å². The van der Waals surface area contributed by atoms with Crippen LogP contribution in [-0.2, 0) is 4.79 Å². The number of H-pyrrole nitrogens is 1. The van der Waals surface area contributed by atoms with Crippen molar-refractivity contribution in [1.82, 2.24) is 9.88 Å². The summed E-state index contributed by atoms with van der Waals surface area (Å²) in [7, 11) is 0. The lowest BCUT2D eigenvalue weighted by Gasteiger charge is -2.34. The number of aliphatic carboxylic acids is 1. The molecule has 1 aliphatic rings. The van der Waals surface area contributed by atoms with E-state index in [0.29, 0.717) is 13.0 Å². The number of carboxylic acids is 1. The highest BCUT2D eigenvalue weighted by molar-refractivity contribution is 5.93. The first kappa shape index (κ1) is 14.0. The SMILES string of the molecule is O=C(O)CC1CCCCN1C(=O)c1ccc([N+](=O)[O-])[nH]1. The Kier molecular flexibility index (Phi) is 4.02. The van der Waals surface area contributed by atoms with Gasteiger partial charge in [-0.3, -0.25) is 9.59 Å². The van der Waals surface area contributed by atoms with Crippen LogP contribution in [0.5, 0.6) is 0 Å². The summed E-state index contributed by atoms with van der Waals surface area (Å²) in [5, 5.41) is 19.5. The summed E-state index contributed by atoms with van der Waals surface area (Å²) in [6, 6.07) is 2.23. The molecule has 0 radical (unpaired) electrons. The average Bonchev–Trinajstić information content (AvgIpc) is 2.87. The zero-order chi connectivity index (χ0) is 14.7. The zero-order valence-electron chi connectivity index (χ0n) is 10.7. The number of carbonyl (C=O) groups excluding carboxylic acids is 1. The van der Waals surface area contributed by atoms with Gasteiger partial charge < -0.3 is 20.1 Å². The van der Waals surface area contributed by atoms with Crippen molar-refractivity contribution < 1.29 is 19.6 Å². The summed E-state index contributed by atoms with van der Waals surface area (Å²) in [4.78, 5) is 37.1. The van der Waals surface area contributed by atoms with Crippen LogP contribution in [0.25, 0.3) is 0 Å². The maximum absolute atomic E-state index is 12.3. The second kappa shape index (κ2) is 5.72. The molecule has 2 N–H and O–H groups in total. The van der Waals surface area contributed by atoms with Crippen molar-refractivity contribution >= 4 is 17.7 Å². The number of nitrogens with zero attached hydrogens (tertiary/aromatic N) is 2. The van der Waals surface area contributed by atoms with Crippen molar-refractivity contribution in [1.29, 1.82) is 0 Å². The third-order valence-electron chi connectivity index (χ3n) is 3.40. The van der Waals surface area contributed by atoms with Crippen LogP contribution in [0.3, 0.4) is 0 Å². The molecule has 0 bridgehead atoms. The first-order valence-corrected chi connectivity index (χ1v) is 6.35. The summed E-state index contributed by atoms with van der Waals surface area (Å²) in [5.41, 5.74) is 0.119. The first-order chi connectivity index (χ1) is 9.49. The highest BCUT2D eigenvalue weighted by atomic mass is 16.6. The van der Waals surface area contributed by atoms with Gasteiger partial charge in [-0.05, 0) is 30.3 Å². The summed E-state index contributed by atoms with van der Waals surface area (Å²) in [5.74, 6) is -1.59. The number of likely N-dealkylation sites (tertiary alicyclic amines) is 1. The molecule has 0 spiro atoms. The normalized spacial score (nSPS) is 18.8. The maximum Gasteiger partial charge on any atom is 0.321 e. The lowest BCUT2D eigenvalue weighted by molar-refractivity contribution is -0.389. The maximum atomic E-state index is 12.3. The predicted molar refractivity (Wildman–Crippen MR) is 68.4 cm³/mol. The Morgan fingerprint density at radius 2 is 2.20 bits per heavy atom. The minimum absolute atomic E-state index is 0.103. The fourth-order valence-corrected chi connectivity index (χ4v) is 2.45. The largest absolute Gasteiger partial charge is 0.481 e. The molecule has 2 heterocycles. The monoisotopic (exact) mass is 281 g/mol. The molecule has 2 rings (SSSR count). The molecule has 1 aliphatic heterocycles. The number of hydrogen-bond donors (Lipinski definition) is 2. The topological polar surface area (TPSA) is 117 Å². The molecule has 1 aromatic rings. The molecule has 0 aromatic carbocycles. The number of aromatic nitrogens is 1. The minimum atomic E-state index is -0.952. The lowest BCUT2D eigenvalue weighted by Crippen LogP contribution is -2.44. The van der Waals surface area contributed by atoms with Gasteiger partial charge in [0.2, 0.25) is 0 Å². The fraction of sp³-hybridized carbons (Fsp3) is 0.500. The predicted octanol–water partition coefficient (Wildman–Crippen LogP) is 1.39. The van der Waals surface area contributed by atoms with Gasteiger partial charge in [0.25, 0.3) is 5.91 Å². The number of nitrogens with one attached hydrogen (secondary N) is 1. The minimum Gasteiger partial charge on any atom is -0.481 e. The lowest BCUT2D eigenvalue weighted by atomic mass is 9.99. The van der Waals surface area contributed by atoms with Gasteiger partial charge in [0.15, 0.2) is 5.69 Å². The van der Waals surface area contributed by atoms with E-state index in [0.717, 1.165) is 12.8 Å². The second-order valence-electron chi connectivity index (χ2n) is 4.76. The average molecular weight is 281 g/mol. The van der Waals surface area contributed by atoms with Crippen LogP contribution in [0, 0.1) is 10.1 Å². The zero-order valence-corrected chi connectivity index (χ0v) is 10.7. The second-order valence-corrected chi connectivity index (χ2v) is 4.76. The number of piperidine rings is 1. The molecular formula is C12H15N3O5. The van der Waals surface area contributed by atoms with E-state index in [1.54, 1.807) is 0 Å². The van der Waals surface area contributed by atoms with Gasteiger partial charge in [0.05, 0.1) is 6.42 Å². The molecule has 8 heteroatoms. The quantitative estimate of drug-likeness (QED) is 0.639. The molecule has 1 atom stereocenters. The van der Waals surface area contributed by atoms with Gasteiger partial charge in [-0.1, -0.05) is 0 Å². The number of nitro groups is 1. The van der Waals surface area contributed by atoms with Gasteiger partial charge in [0.1, 0.15) is 0 Å². The van der Waals surface area contributed by atoms with E-state index in [1.807, 2.05) is 0 Å². The van der Waals surface area contributed by atoms with Crippen molar-refractivity contribution in [2.45, 2.75) is 31.7 Å². The molecule has 1 aromatic heterocycles. The number of carbonyl (C=O) groups is 2. The Hall–Kier alpha value is -2.38. The molecule has 8 nitrogen and oxygen atoms in total. The van der Waals surface area contributed by atoms with Gasteiger partial charge in [-0.25, -0.2) is 4.98 Å². The van der Waals surface area contributed by atoms with E-state index in [2.05, 4.69) is 4.98 Å². The fourth-order valence-electron chi connectivity index (χ4n) is 2.45. The van der Waals surface area contributed by atoms with E-state index in [4.69, 9.17) is 5.11 Å². The molecule has 1 saturated heterocycles. The Morgan fingerprint density at radius 1 is 1.45 bits per heavy atom. The first-order valence-electron chi connectivity index (χ1n) is 6.35. The van der Waals surface area contributed by atoms with Crippen LogP contribution in [0.2, 0.25) is 0 Å². The van der Waals surface area contributed by atoms with Crippen LogP contribution in [0.4, 0.5) is 5.82 Å². The molecular weight excluding hydrogens is 266 g/mol. The highest BCUT2D eigenvalue weighted by Gasteiger charge is 2.31. The van der Waals surface area contributed by atoms with Crippen molar-refractivity contribution in [3.63, 3.8) is 0 Å². The standard InChI is InChI=1S/C12H15N3O5/c16-11(17)7-8-3-1-2-6-14(8)12(18)9-4-5-10(13-9)15(19)20/h4-5,8,13H,1-3,6-7H2,(H,16,17). The Bertz CT molecular complexity index is 539. The molecule has 108 valence electrons. The Morgan fingerprint density at radius 3 is 2.80 bits per heavy atom. The summed E-state index contributed by atoms with van der Waals surface area (Å²) in [6.45, 7) is 0.476. The summed E-state index contributed by atoms with van der Waals surface area (Å²) < 4.78 is 0. The Balaban J connectivity index is 2.15. The van der Waals surface area contributed by atoms with Gasteiger partial charge in [-0.2, -0.15) is 0 Å². The smallest absolute Gasteiger partial charge is 0.321 e. The van der Waals surface area contributed by atoms with Gasteiger partial charge >= 0.3 is 11.8 Å². The van der Waals surface area contributed by atoms with Crippen LogP contribution >= 0.6 is 0 Å². The van der Waals surface area contributed by atoms with Gasteiger partial charge in [-0.15, -0.1) is 0 Å². The van der Waals surface area contributed by atoms with Crippen molar-refractivity contribution in [2.24, 2.45) is 0 Å². The van der Waals surface area contributed by atoms with Crippen molar-refractivity contribution in [2.75, 3.05) is 6.54 Å². The molecule has 0 saturated carbocycles. The van der Waals surface area contributed by atoms with Crippen LogP contribution in [0.15, 0.2) is 12.1 Å². The summed E-state index contributed by atoms with van der Waals surface area (Å²) in [6.07, 6.45) is 2.23. The number of amides is 1. The summed E-state index contributed by atoms with van der Waals surface area (Å²) >= 11 is 0. The third-order valence-corrected chi connectivity index (χ3v) is 3.40. The van der Waals surface area contributed by atoms with E-state index < -0.39 is 10.9 Å². The molecule has 1 fully saturated rings. The number of rotatable bonds is 4. The highest BCUT2D eigenvalue weighted by Crippen LogP contribution is 2.22. The van der Waals surface area contributed by atoms with Crippen LogP contribution in [-0.4, -0.2) is 44.4 Å². The van der Waals surface area contributed by atoms with Crippen LogP contribution in [0.1, 0.15) is 36.2 Å². The van der Waals surface area contributed by atoms with E-state index in [1.165, 1.54) is 17.0 Å². The van der Waals surface area contributed by atoms with E-state index in [-0.39, 0.29) is 29.9 Å². The van der Waals surface area contributed by atoms with Crippen LogP contribution < -0.4 is 0 Å². The molecule has 0 aliphatic carbocycles. The number of hydrogen-bond acceptors (Lipinski definition) is 4. The third kappa shape index (κ3) is 2.95. The molecule has 1 unspecified atom stereocenters. The van der Waals surface area contributed by atoms with Gasteiger partial charge in [0, 0.05) is 18.7 Å². The Labute approximate surface area is 114 Å². The number of carboxylic acid groups (broad SMARTS) is 1. The number of aromatic amines is 1. The van der Waals surface area contributed by atoms with Crippen molar-refractivity contribution in [3.8, 4) is 0 Å². The molecule has 20 heavy (non-hydrogen) atoms. The molecule has 1 amide bonds.